The summed E-state index contributed by atoms with van der Waals surface area (Å²) < 4.78 is 12.2. The lowest BCUT2D eigenvalue weighted by Gasteiger charge is -2.27. The first-order valence-corrected chi connectivity index (χ1v) is 6.15. The SMILES string of the molecule is O=C(NF)c1ccccc1NC1CCC(O)CC1. The van der Waals surface area contributed by atoms with E-state index in [0.717, 1.165) is 31.2 Å². The fraction of sp³-hybridized carbons (Fsp3) is 0.462. The molecule has 0 radical (unpaired) electrons. The molecule has 0 heterocycles. The zero-order valence-corrected chi connectivity index (χ0v) is 10.0. The molecule has 0 bridgehead atoms. The highest BCUT2D eigenvalue weighted by molar-refractivity contribution is 5.98. The van der Waals surface area contributed by atoms with Crippen molar-refractivity contribution in [3.63, 3.8) is 0 Å². The van der Waals surface area contributed by atoms with Crippen molar-refractivity contribution < 1.29 is 14.4 Å². The first-order chi connectivity index (χ1) is 8.70. The van der Waals surface area contributed by atoms with Crippen molar-refractivity contribution in [3.8, 4) is 0 Å². The van der Waals surface area contributed by atoms with Gasteiger partial charge >= 0.3 is 0 Å². The minimum atomic E-state index is -0.742. The second kappa shape index (κ2) is 5.82. The Hall–Kier alpha value is -1.62. The average molecular weight is 252 g/mol. The normalized spacial score (nSPS) is 23.4. The van der Waals surface area contributed by atoms with Gasteiger partial charge in [0.05, 0.1) is 11.7 Å². The number of carbonyl (C=O) groups is 1. The molecule has 1 aromatic rings. The van der Waals surface area contributed by atoms with Gasteiger partial charge < -0.3 is 10.4 Å². The molecule has 0 aromatic heterocycles. The fourth-order valence-electron chi connectivity index (χ4n) is 2.30. The summed E-state index contributed by atoms with van der Waals surface area (Å²) >= 11 is 0. The lowest BCUT2D eigenvalue weighted by molar-refractivity contribution is 0.0860. The van der Waals surface area contributed by atoms with E-state index >= 15 is 0 Å². The van der Waals surface area contributed by atoms with Gasteiger partial charge in [-0.3, -0.25) is 4.79 Å². The predicted octanol–water partition coefficient (Wildman–Crippen LogP) is 2.02. The van der Waals surface area contributed by atoms with Gasteiger partial charge in [-0.15, -0.1) is 0 Å². The topological polar surface area (TPSA) is 61.4 Å². The molecule has 0 spiro atoms. The van der Waals surface area contributed by atoms with Crippen molar-refractivity contribution in [3.05, 3.63) is 29.8 Å². The van der Waals surface area contributed by atoms with Crippen LogP contribution in [0.2, 0.25) is 0 Å². The second-order valence-corrected chi connectivity index (χ2v) is 4.62. The van der Waals surface area contributed by atoms with Crippen molar-refractivity contribution in [2.75, 3.05) is 5.32 Å². The lowest BCUT2D eigenvalue weighted by Crippen LogP contribution is -2.29. The summed E-state index contributed by atoms with van der Waals surface area (Å²) in [4.78, 5) is 11.4. The fourth-order valence-corrected chi connectivity index (χ4v) is 2.30. The molecule has 4 nitrogen and oxygen atoms in total. The first-order valence-electron chi connectivity index (χ1n) is 6.15. The van der Waals surface area contributed by atoms with E-state index < -0.39 is 5.91 Å². The molecule has 1 amide bonds. The molecule has 1 saturated carbocycles. The second-order valence-electron chi connectivity index (χ2n) is 4.62. The minimum Gasteiger partial charge on any atom is -0.393 e. The molecule has 1 aliphatic rings. The number of nitrogens with one attached hydrogen (secondary N) is 2. The molecule has 18 heavy (non-hydrogen) atoms. The maximum Gasteiger partial charge on any atom is 0.281 e. The number of aliphatic hydroxyl groups is 1. The Kier molecular flexibility index (Phi) is 4.15. The van der Waals surface area contributed by atoms with E-state index in [-0.39, 0.29) is 12.1 Å². The van der Waals surface area contributed by atoms with Gasteiger partial charge in [0, 0.05) is 11.7 Å². The van der Waals surface area contributed by atoms with E-state index in [0.29, 0.717) is 11.3 Å². The van der Waals surface area contributed by atoms with E-state index in [9.17, 15) is 14.4 Å². The molecule has 1 fully saturated rings. The molecular formula is C13H17FN2O2. The summed E-state index contributed by atoms with van der Waals surface area (Å²) in [6.45, 7) is 0. The third kappa shape index (κ3) is 2.98. The number of amides is 1. The monoisotopic (exact) mass is 252 g/mol. The number of para-hydroxylation sites is 1. The van der Waals surface area contributed by atoms with Crippen molar-refractivity contribution in [2.45, 2.75) is 37.8 Å². The van der Waals surface area contributed by atoms with Gasteiger partial charge in [-0.2, -0.15) is 5.54 Å². The minimum absolute atomic E-state index is 0.215. The van der Waals surface area contributed by atoms with E-state index in [2.05, 4.69) is 5.32 Å². The Labute approximate surface area is 105 Å². The number of anilines is 1. The maximum absolute atomic E-state index is 12.2. The highest BCUT2D eigenvalue weighted by atomic mass is 19.2. The Bertz CT molecular complexity index is 417. The van der Waals surface area contributed by atoms with E-state index in [1.807, 2.05) is 0 Å². The standard InChI is InChI=1S/C13H17FN2O2/c14-16-13(18)11-3-1-2-4-12(11)15-9-5-7-10(17)8-6-9/h1-4,9-10,15,17H,5-8H2,(H,16,18). The molecular weight excluding hydrogens is 235 g/mol. The van der Waals surface area contributed by atoms with Gasteiger partial charge in [0.15, 0.2) is 0 Å². The highest BCUT2D eigenvalue weighted by Gasteiger charge is 2.20. The lowest BCUT2D eigenvalue weighted by atomic mass is 9.93. The smallest absolute Gasteiger partial charge is 0.281 e. The van der Waals surface area contributed by atoms with Crippen LogP contribution >= 0.6 is 0 Å². The van der Waals surface area contributed by atoms with E-state index in [1.165, 1.54) is 0 Å². The number of hydrogen-bond donors (Lipinski definition) is 3. The zero-order chi connectivity index (χ0) is 13.0. The van der Waals surface area contributed by atoms with Gasteiger partial charge in [-0.05, 0) is 37.8 Å². The summed E-state index contributed by atoms with van der Waals surface area (Å²) in [6.07, 6.45) is 3.01. The largest absolute Gasteiger partial charge is 0.393 e. The Balaban J connectivity index is 2.07. The number of halogens is 1. The molecule has 3 N–H and O–H groups in total. The number of aliphatic hydroxyl groups excluding tert-OH is 1. The van der Waals surface area contributed by atoms with Crippen molar-refractivity contribution in [1.29, 1.82) is 0 Å². The van der Waals surface area contributed by atoms with Gasteiger partial charge in [-0.25, -0.2) is 0 Å². The molecule has 0 unspecified atom stereocenters. The Morgan fingerprint density at radius 1 is 1.22 bits per heavy atom. The summed E-state index contributed by atoms with van der Waals surface area (Å²) in [7, 11) is 0. The summed E-state index contributed by atoms with van der Waals surface area (Å²) in [5.74, 6) is -0.742. The summed E-state index contributed by atoms with van der Waals surface area (Å²) in [5, 5.41) is 12.7. The third-order valence-electron chi connectivity index (χ3n) is 3.31. The predicted molar refractivity (Wildman–Crippen MR) is 66.9 cm³/mol. The van der Waals surface area contributed by atoms with Crippen LogP contribution in [0.1, 0.15) is 36.0 Å². The summed E-state index contributed by atoms with van der Waals surface area (Å²) in [5.41, 5.74) is 2.08. The number of carbonyl (C=O) groups excluding carboxylic acids is 1. The van der Waals surface area contributed by atoms with Crippen LogP contribution in [0.25, 0.3) is 0 Å². The third-order valence-corrected chi connectivity index (χ3v) is 3.31. The van der Waals surface area contributed by atoms with E-state index in [4.69, 9.17) is 0 Å². The van der Waals surface area contributed by atoms with Gasteiger partial charge in [0.1, 0.15) is 0 Å². The first kappa shape index (κ1) is 12.8. The zero-order valence-electron chi connectivity index (χ0n) is 10.0. The van der Waals surface area contributed by atoms with Gasteiger partial charge in [0.2, 0.25) is 0 Å². The van der Waals surface area contributed by atoms with Crippen LogP contribution in [0.5, 0.6) is 0 Å². The van der Waals surface area contributed by atoms with Gasteiger partial charge in [-0.1, -0.05) is 16.6 Å². The number of benzene rings is 1. The molecule has 2 rings (SSSR count). The van der Waals surface area contributed by atoms with Crippen LogP contribution in [-0.2, 0) is 0 Å². The number of rotatable bonds is 3. The Morgan fingerprint density at radius 3 is 2.56 bits per heavy atom. The number of hydrogen-bond acceptors (Lipinski definition) is 3. The summed E-state index contributed by atoms with van der Waals surface area (Å²) in [6, 6.07) is 7.06. The maximum atomic E-state index is 12.2. The molecule has 0 saturated heterocycles. The van der Waals surface area contributed by atoms with Crippen molar-refractivity contribution in [1.82, 2.24) is 5.54 Å². The Morgan fingerprint density at radius 2 is 1.89 bits per heavy atom. The van der Waals surface area contributed by atoms with Crippen LogP contribution < -0.4 is 10.9 Å². The molecule has 1 aliphatic carbocycles. The molecule has 1 aromatic carbocycles. The van der Waals surface area contributed by atoms with Crippen LogP contribution in [0, 0.1) is 0 Å². The molecule has 0 atom stereocenters. The highest BCUT2D eigenvalue weighted by Crippen LogP contribution is 2.24. The van der Waals surface area contributed by atoms with Gasteiger partial charge in [0.25, 0.3) is 5.91 Å². The molecule has 0 aliphatic heterocycles. The average Bonchev–Trinajstić information content (AvgIpc) is 2.41. The van der Waals surface area contributed by atoms with Crippen LogP contribution in [0.15, 0.2) is 24.3 Å². The van der Waals surface area contributed by atoms with Crippen molar-refractivity contribution >= 4 is 11.6 Å². The van der Waals surface area contributed by atoms with Crippen LogP contribution in [-0.4, -0.2) is 23.2 Å². The van der Waals surface area contributed by atoms with Crippen molar-refractivity contribution in [2.24, 2.45) is 0 Å². The molecule has 98 valence electrons. The van der Waals surface area contributed by atoms with Crippen LogP contribution in [0.3, 0.4) is 0 Å². The molecule has 5 heteroatoms. The quantitative estimate of drug-likeness (QED) is 0.721. The van der Waals surface area contributed by atoms with Crippen LogP contribution in [0.4, 0.5) is 10.2 Å². The van der Waals surface area contributed by atoms with E-state index in [1.54, 1.807) is 24.3 Å².